The lowest BCUT2D eigenvalue weighted by molar-refractivity contribution is 0.874. The van der Waals surface area contributed by atoms with E-state index in [1.807, 2.05) is 7.05 Å². The molecule has 2 heteroatoms. The zero-order valence-electron chi connectivity index (χ0n) is 9.80. The van der Waals surface area contributed by atoms with Gasteiger partial charge >= 0.3 is 0 Å². The van der Waals surface area contributed by atoms with Crippen LogP contribution >= 0.6 is 0 Å². The van der Waals surface area contributed by atoms with Gasteiger partial charge in [0.05, 0.1) is 9.52 Å². The van der Waals surface area contributed by atoms with E-state index in [1.54, 1.807) is 0 Å². The van der Waals surface area contributed by atoms with Crippen molar-refractivity contribution in [3.8, 4) is 0 Å². The first-order chi connectivity index (χ1) is 7.19. The highest BCUT2D eigenvalue weighted by molar-refractivity contribution is 6.56. The minimum absolute atomic E-state index is 0.760. The van der Waals surface area contributed by atoms with Gasteiger partial charge < -0.3 is 5.32 Å². The molecule has 0 fully saturated rings. The third-order valence-electron chi connectivity index (χ3n) is 2.57. The minimum Gasteiger partial charge on any atom is -0.388 e. The average Bonchev–Trinajstić information content (AvgIpc) is 2.28. The van der Waals surface area contributed by atoms with Gasteiger partial charge in [0.2, 0.25) is 0 Å². The summed E-state index contributed by atoms with van der Waals surface area (Å²) in [6.45, 7) is 8.58. The zero-order valence-corrected chi connectivity index (χ0v) is 10.8. The third-order valence-corrected chi connectivity index (χ3v) is 4.22. The maximum Gasteiger partial charge on any atom is 0.0848 e. The predicted molar refractivity (Wildman–Crippen MR) is 69.6 cm³/mol. The van der Waals surface area contributed by atoms with Gasteiger partial charge in [0.25, 0.3) is 0 Å². The van der Waals surface area contributed by atoms with Crippen LogP contribution in [0, 0.1) is 0 Å². The fourth-order valence-electron chi connectivity index (χ4n) is 1.37. The molecule has 0 saturated carbocycles. The Kier molecular flexibility index (Phi) is 4.63. The molecule has 0 spiro atoms. The normalized spacial score (nSPS) is 12.2. The van der Waals surface area contributed by atoms with Crippen LogP contribution in [0.5, 0.6) is 0 Å². The summed E-state index contributed by atoms with van der Waals surface area (Å²) in [5.74, 6) is 0. The van der Waals surface area contributed by atoms with E-state index in [-0.39, 0.29) is 0 Å². The van der Waals surface area contributed by atoms with Crippen LogP contribution < -0.4 is 10.5 Å². The Morgan fingerprint density at radius 1 is 1.47 bits per heavy atom. The van der Waals surface area contributed by atoms with E-state index in [2.05, 4.69) is 50.0 Å². The van der Waals surface area contributed by atoms with Gasteiger partial charge in [0, 0.05) is 12.7 Å². The predicted octanol–water partition coefficient (Wildman–Crippen LogP) is 2.42. The van der Waals surface area contributed by atoms with E-state index in [1.165, 1.54) is 17.2 Å². The van der Waals surface area contributed by atoms with Crippen molar-refractivity contribution < 1.29 is 0 Å². The maximum atomic E-state index is 4.03. The van der Waals surface area contributed by atoms with Crippen molar-refractivity contribution in [2.75, 3.05) is 7.05 Å². The Morgan fingerprint density at radius 3 is 2.73 bits per heavy atom. The van der Waals surface area contributed by atoms with Crippen LogP contribution in [0.25, 0.3) is 5.70 Å². The summed E-state index contributed by atoms with van der Waals surface area (Å²) >= 11 is 0. The number of benzene rings is 1. The smallest absolute Gasteiger partial charge is 0.0848 e. The highest BCUT2D eigenvalue weighted by Gasteiger charge is 2.08. The van der Waals surface area contributed by atoms with Crippen molar-refractivity contribution in [1.29, 1.82) is 0 Å². The fraction of sp³-hybridized carbons (Fsp3) is 0.385. The summed E-state index contributed by atoms with van der Waals surface area (Å²) in [6, 6.07) is 8.53. The van der Waals surface area contributed by atoms with Crippen molar-refractivity contribution in [2.24, 2.45) is 0 Å². The summed E-state index contributed by atoms with van der Waals surface area (Å²) in [7, 11) is 2.79. The second-order valence-electron chi connectivity index (χ2n) is 3.73. The average molecular weight is 217 g/mol. The van der Waals surface area contributed by atoms with Crippen LogP contribution in [-0.4, -0.2) is 16.6 Å². The molecule has 0 aliphatic heterocycles. The number of nitrogens with one attached hydrogen (secondary N) is 1. The molecule has 0 aliphatic carbocycles. The molecular weight excluding hydrogens is 198 g/mol. The first-order valence-electron chi connectivity index (χ1n) is 5.41. The van der Waals surface area contributed by atoms with Gasteiger partial charge in [-0.15, -0.1) is 0 Å². The molecule has 1 aromatic carbocycles. The van der Waals surface area contributed by atoms with Crippen LogP contribution in [0.1, 0.15) is 25.8 Å². The molecule has 1 atom stereocenters. The maximum absolute atomic E-state index is 4.03. The summed E-state index contributed by atoms with van der Waals surface area (Å²) < 4.78 is 0. The molecule has 15 heavy (non-hydrogen) atoms. The molecule has 0 saturated heterocycles. The number of hydrogen-bond acceptors (Lipinski definition) is 1. The third kappa shape index (κ3) is 3.24. The Hall–Kier alpha value is -1.02. The lowest BCUT2D eigenvalue weighted by atomic mass is 10.2. The molecule has 1 N–H and O–H groups in total. The molecule has 1 unspecified atom stereocenters. The van der Waals surface area contributed by atoms with Gasteiger partial charge in [-0.25, -0.2) is 0 Å². The molecule has 2 radical (unpaired) electrons. The SMILES string of the molecule is C=C(NC)c1ccccc1[Si]C(C)CC. The fourth-order valence-corrected chi connectivity index (χ4v) is 2.69. The highest BCUT2D eigenvalue weighted by atomic mass is 28.2. The lowest BCUT2D eigenvalue weighted by Gasteiger charge is -2.13. The van der Waals surface area contributed by atoms with Crippen LogP contribution in [0.2, 0.25) is 5.54 Å². The molecule has 0 heterocycles. The van der Waals surface area contributed by atoms with E-state index >= 15 is 0 Å². The van der Waals surface area contributed by atoms with Gasteiger partial charge in [0.1, 0.15) is 0 Å². The van der Waals surface area contributed by atoms with Crippen molar-refractivity contribution in [3.63, 3.8) is 0 Å². The van der Waals surface area contributed by atoms with Crippen LogP contribution in [0.15, 0.2) is 30.8 Å². The topological polar surface area (TPSA) is 12.0 Å². The standard InChI is InChI=1S/C13H19NSi/c1-5-10(2)15-13-9-7-6-8-12(13)11(3)14-4/h6-10,14H,3,5H2,1-2,4H3. The van der Waals surface area contributed by atoms with Crippen molar-refractivity contribution >= 4 is 20.4 Å². The summed E-state index contributed by atoms with van der Waals surface area (Å²) in [6.07, 6.45) is 1.23. The molecule has 1 rings (SSSR count). The second-order valence-corrected chi connectivity index (χ2v) is 5.54. The highest BCUT2D eigenvalue weighted by Crippen LogP contribution is 2.10. The van der Waals surface area contributed by atoms with Gasteiger partial charge in [-0.1, -0.05) is 56.3 Å². The van der Waals surface area contributed by atoms with Crippen LogP contribution in [0.3, 0.4) is 0 Å². The Morgan fingerprint density at radius 2 is 2.13 bits per heavy atom. The lowest BCUT2D eigenvalue weighted by Crippen LogP contribution is -2.24. The first-order valence-corrected chi connectivity index (χ1v) is 6.49. The minimum atomic E-state index is 0.760. The molecule has 1 aromatic rings. The molecule has 0 bridgehead atoms. The quantitative estimate of drug-likeness (QED) is 0.747. The second kappa shape index (κ2) is 5.76. The van der Waals surface area contributed by atoms with Crippen molar-refractivity contribution in [3.05, 3.63) is 36.4 Å². The van der Waals surface area contributed by atoms with E-state index in [4.69, 9.17) is 0 Å². The van der Waals surface area contributed by atoms with Crippen LogP contribution in [0.4, 0.5) is 0 Å². The van der Waals surface area contributed by atoms with Crippen molar-refractivity contribution in [1.82, 2.24) is 5.32 Å². The molecule has 1 nitrogen and oxygen atoms in total. The van der Waals surface area contributed by atoms with E-state index < -0.39 is 0 Å². The van der Waals surface area contributed by atoms with E-state index in [0.29, 0.717) is 0 Å². The summed E-state index contributed by atoms with van der Waals surface area (Å²) in [4.78, 5) is 0. The van der Waals surface area contributed by atoms with Gasteiger partial charge in [-0.05, 0) is 11.1 Å². The van der Waals surface area contributed by atoms with E-state index in [0.717, 1.165) is 20.8 Å². The van der Waals surface area contributed by atoms with Crippen molar-refractivity contribution in [2.45, 2.75) is 25.8 Å². The molecule has 0 aromatic heterocycles. The monoisotopic (exact) mass is 217 g/mol. The van der Waals surface area contributed by atoms with E-state index in [9.17, 15) is 0 Å². The largest absolute Gasteiger partial charge is 0.388 e. The Balaban J connectivity index is 2.91. The number of hydrogen-bond donors (Lipinski definition) is 1. The molecular formula is C13H19NSi. The molecule has 80 valence electrons. The van der Waals surface area contributed by atoms with Gasteiger partial charge in [0.15, 0.2) is 0 Å². The molecule has 0 aliphatic rings. The Labute approximate surface area is 95.4 Å². The van der Waals surface area contributed by atoms with Crippen LogP contribution in [-0.2, 0) is 0 Å². The molecule has 0 amide bonds. The van der Waals surface area contributed by atoms with Gasteiger partial charge in [-0.2, -0.15) is 0 Å². The number of rotatable bonds is 5. The summed E-state index contributed by atoms with van der Waals surface area (Å²) in [5.41, 5.74) is 3.04. The Bertz CT molecular complexity index is 333. The van der Waals surface area contributed by atoms with Gasteiger partial charge in [-0.3, -0.25) is 0 Å². The summed E-state index contributed by atoms with van der Waals surface area (Å²) in [5, 5.41) is 4.55. The zero-order chi connectivity index (χ0) is 11.3. The first kappa shape index (κ1) is 12.0.